The van der Waals surface area contributed by atoms with Crippen LogP contribution in [0.3, 0.4) is 0 Å². The summed E-state index contributed by atoms with van der Waals surface area (Å²) in [5.74, 6) is -1.97. The molecule has 0 saturated heterocycles. The Balaban J connectivity index is 2.74. The first kappa shape index (κ1) is 14.5. The largest absolute Gasteiger partial charge is 0.456 e. The van der Waals surface area contributed by atoms with Crippen LogP contribution in [0.2, 0.25) is 0 Å². The molecule has 1 rings (SSSR count). The van der Waals surface area contributed by atoms with Gasteiger partial charge in [0.05, 0.1) is 6.10 Å². The van der Waals surface area contributed by atoms with Gasteiger partial charge in [0.2, 0.25) is 0 Å². The predicted molar refractivity (Wildman–Crippen MR) is 64.5 cm³/mol. The van der Waals surface area contributed by atoms with Gasteiger partial charge < -0.3 is 10.5 Å². The average Bonchev–Trinajstić information content (AvgIpc) is 2.29. The van der Waals surface area contributed by atoms with Gasteiger partial charge in [-0.1, -0.05) is 19.3 Å². The Morgan fingerprint density at radius 1 is 1.17 bits per heavy atom. The van der Waals surface area contributed by atoms with Crippen LogP contribution in [0.15, 0.2) is 0 Å². The van der Waals surface area contributed by atoms with Gasteiger partial charge in [0.1, 0.15) is 0 Å². The van der Waals surface area contributed by atoms with Crippen molar-refractivity contribution in [1.29, 1.82) is 0 Å². The maximum atomic E-state index is 11.9. The number of urea groups is 1. The molecule has 0 heterocycles. The molecule has 6 nitrogen and oxygen atoms in total. The molecule has 0 spiro atoms. The van der Waals surface area contributed by atoms with E-state index in [4.69, 9.17) is 10.5 Å². The zero-order valence-corrected chi connectivity index (χ0v) is 10.8. The minimum Gasteiger partial charge on any atom is -0.456 e. The second-order valence-corrected chi connectivity index (χ2v) is 4.76. The number of carbonyl (C=O) groups is 3. The Morgan fingerprint density at radius 2 is 1.72 bits per heavy atom. The maximum absolute atomic E-state index is 11.9. The van der Waals surface area contributed by atoms with Crippen LogP contribution >= 0.6 is 0 Å². The van der Waals surface area contributed by atoms with E-state index in [1.54, 1.807) is 13.8 Å². The number of hydrogen-bond donors (Lipinski definition) is 1. The van der Waals surface area contributed by atoms with Gasteiger partial charge in [0.25, 0.3) is 0 Å². The number of esters is 1. The Labute approximate surface area is 106 Å². The third-order valence-electron chi connectivity index (χ3n) is 2.91. The van der Waals surface area contributed by atoms with Crippen molar-refractivity contribution in [2.75, 3.05) is 0 Å². The van der Waals surface area contributed by atoms with Crippen LogP contribution in [0.25, 0.3) is 0 Å². The fraction of sp³-hybridized carbons (Fsp3) is 0.750. The van der Waals surface area contributed by atoms with Crippen LogP contribution in [0.5, 0.6) is 0 Å². The van der Waals surface area contributed by atoms with E-state index < -0.39 is 24.0 Å². The highest BCUT2D eigenvalue weighted by Gasteiger charge is 2.34. The minimum absolute atomic E-state index is 0.275. The lowest BCUT2D eigenvalue weighted by molar-refractivity contribution is -0.162. The quantitative estimate of drug-likeness (QED) is 0.593. The molecule has 102 valence electrons. The molecule has 2 N–H and O–H groups in total. The van der Waals surface area contributed by atoms with Crippen molar-refractivity contribution in [3.63, 3.8) is 0 Å². The van der Waals surface area contributed by atoms with Gasteiger partial charge in [-0.25, -0.2) is 9.59 Å². The normalized spacial score (nSPS) is 16.4. The SMILES string of the molecule is CC(C)OC(=O)C(=O)N(C(N)=O)C1CCCCC1. The van der Waals surface area contributed by atoms with Gasteiger partial charge in [0.15, 0.2) is 0 Å². The summed E-state index contributed by atoms with van der Waals surface area (Å²) in [4.78, 5) is 35.6. The molecule has 0 aliphatic heterocycles. The molecule has 6 heteroatoms. The van der Waals surface area contributed by atoms with Crippen LogP contribution in [0.1, 0.15) is 46.0 Å². The van der Waals surface area contributed by atoms with Crippen molar-refractivity contribution < 1.29 is 19.1 Å². The van der Waals surface area contributed by atoms with E-state index in [9.17, 15) is 14.4 Å². The Bertz CT molecular complexity index is 335. The first-order valence-corrected chi connectivity index (χ1v) is 6.27. The fourth-order valence-corrected chi connectivity index (χ4v) is 2.15. The van der Waals surface area contributed by atoms with Crippen LogP contribution in [0.4, 0.5) is 4.79 Å². The van der Waals surface area contributed by atoms with Crippen molar-refractivity contribution in [1.82, 2.24) is 4.90 Å². The monoisotopic (exact) mass is 256 g/mol. The summed E-state index contributed by atoms with van der Waals surface area (Å²) in [6, 6.07) is -1.16. The molecule has 0 aromatic carbocycles. The second-order valence-electron chi connectivity index (χ2n) is 4.76. The summed E-state index contributed by atoms with van der Waals surface area (Å²) >= 11 is 0. The number of ether oxygens (including phenoxy) is 1. The van der Waals surface area contributed by atoms with Gasteiger partial charge in [-0.05, 0) is 26.7 Å². The van der Waals surface area contributed by atoms with Crippen molar-refractivity contribution in [2.24, 2.45) is 5.73 Å². The van der Waals surface area contributed by atoms with Crippen LogP contribution in [0, 0.1) is 0 Å². The first-order valence-electron chi connectivity index (χ1n) is 6.27. The van der Waals surface area contributed by atoms with Crippen LogP contribution in [-0.2, 0) is 14.3 Å². The zero-order chi connectivity index (χ0) is 13.7. The molecule has 1 aliphatic carbocycles. The molecule has 0 radical (unpaired) electrons. The van der Waals surface area contributed by atoms with E-state index in [0.717, 1.165) is 24.2 Å². The summed E-state index contributed by atoms with van der Waals surface area (Å²) in [6.07, 6.45) is 3.94. The Morgan fingerprint density at radius 3 is 2.17 bits per heavy atom. The van der Waals surface area contributed by atoms with E-state index in [1.165, 1.54) is 0 Å². The van der Waals surface area contributed by atoms with Crippen molar-refractivity contribution >= 4 is 17.9 Å². The van der Waals surface area contributed by atoms with Crippen molar-refractivity contribution in [3.8, 4) is 0 Å². The average molecular weight is 256 g/mol. The molecular formula is C12H20N2O4. The highest BCUT2D eigenvalue weighted by molar-refractivity contribution is 6.35. The molecule has 3 amide bonds. The number of amides is 3. The summed E-state index contributed by atoms with van der Waals surface area (Å²) in [6.45, 7) is 3.28. The maximum Gasteiger partial charge on any atom is 0.397 e. The first-order chi connectivity index (χ1) is 8.43. The van der Waals surface area contributed by atoms with Crippen molar-refractivity contribution in [3.05, 3.63) is 0 Å². The molecule has 0 aromatic heterocycles. The third kappa shape index (κ3) is 3.72. The van der Waals surface area contributed by atoms with E-state index >= 15 is 0 Å². The molecular weight excluding hydrogens is 236 g/mol. The smallest absolute Gasteiger partial charge is 0.397 e. The third-order valence-corrected chi connectivity index (χ3v) is 2.91. The minimum atomic E-state index is -1.02. The summed E-state index contributed by atoms with van der Waals surface area (Å²) in [5, 5.41) is 0. The van der Waals surface area contributed by atoms with Gasteiger partial charge in [0, 0.05) is 6.04 Å². The summed E-state index contributed by atoms with van der Waals surface area (Å²) < 4.78 is 4.80. The van der Waals surface area contributed by atoms with E-state index in [-0.39, 0.29) is 6.04 Å². The molecule has 1 aliphatic rings. The van der Waals surface area contributed by atoms with E-state index in [2.05, 4.69) is 0 Å². The number of primary amides is 1. The molecule has 0 aromatic rings. The summed E-state index contributed by atoms with van der Waals surface area (Å²) in [7, 11) is 0. The van der Waals surface area contributed by atoms with Gasteiger partial charge in [-0.2, -0.15) is 0 Å². The lowest BCUT2D eigenvalue weighted by Crippen LogP contribution is -2.51. The van der Waals surface area contributed by atoms with E-state index in [1.807, 2.05) is 0 Å². The highest BCUT2D eigenvalue weighted by atomic mass is 16.5. The van der Waals surface area contributed by atoms with Gasteiger partial charge in [-0.15, -0.1) is 0 Å². The molecule has 0 unspecified atom stereocenters. The number of carbonyl (C=O) groups excluding carboxylic acids is 3. The second kappa shape index (κ2) is 6.37. The predicted octanol–water partition coefficient (Wildman–Crippen LogP) is 1.18. The highest BCUT2D eigenvalue weighted by Crippen LogP contribution is 2.22. The molecule has 0 atom stereocenters. The molecule has 0 bridgehead atoms. The number of nitrogens with zero attached hydrogens (tertiary/aromatic N) is 1. The number of hydrogen-bond acceptors (Lipinski definition) is 4. The zero-order valence-electron chi connectivity index (χ0n) is 10.8. The lowest BCUT2D eigenvalue weighted by Gasteiger charge is -2.30. The molecule has 1 fully saturated rings. The Kier molecular flexibility index (Phi) is 5.12. The number of rotatable bonds is 2. The Hall–Kier alpha value is -1.59. The fourth-order valence-electron chi connectivity index (χ4n) is 2.15. The van der Waals surface area contributed by atoms with E-state index in [0.29, 0.717) is 12.8 Å². The van der Waals surface area contributed by atoms with Crippen LogP contribution in [-0.4, -0.2) is 35.0 Å². The van der Waals surface area contributed by atoms with Crippen molar-refractivity contribution in [2.45, 2.75) is 58.1 Å². The van der Waals surface area contributed by atoms with Crippen LogP contribution < -0.4 is 5.73 Å². The summed E-state index contributed by atoms with van der Waals surface area (Å²) in [5.41, 5.74) is 5.20. The molecule has 1 saturated carbocycles. The number of nitrogens with two attached hydrogens (primary N) is 1. The topological polar surface area (TPSA) is 89.7 Å². The standard InChI is InChI=1S/C12H20N2O4/c1-8(2)18-11(16)10(15)14(12(13)17)9-6-4-3-5-7-9/h8-9H,3-7H2,1-2H3,(H2,13,17). The van der Waals surface area contributed by atoms with Gasteiger partial charge >= 0.3 is 17.9 Å². The lowest BCUT2D eigenvalue weighted by atomic mass is 9.94. The molecule has 18 heavy (non-hydrogen) atoms. The van der Waals surface area contributed by atoms with Gasteiger partial charge in [-0.3, -0.25) is 9.69 Å². The number of imide groups is 1.